The molecule has 10 heavy (non-hydrogen) atoms. The Labute approximate surface area is 59.7 Å². The van der Waals surface area contributed by atoms with Gasteiger partial charge in [0.15, 0.2) is 6.10 Å². The Hall–Kier alpha value is -0.610. The van der Waals surface area contributed by atoms with Crippen LogP contribution in [0.1, 0.15) is 6.92 Å². The van der Waals surface area contributed by atoms with Crippen molar-refractivity contribution in [2.75, 3.05) is 20.3 Å². The quantitative estimate of drug-likeness (QED) is 0.563. The van der Waals surface area contributed by atoms with Crippen molar-refractivity contribution < 1.29 is 19.4 Å². The van der Waals surface area contributed by atoms with Crippen LogP contribution in [-0.2, 0) is 14.3 Å². The highest BCUT2D eigenvalue weighted by atomic mass is 16.5. The molecule has 0 aliphatic carbocycles. The van der Waals surface area contributed by atoms with Gasteiger partial charge in [0, 0.05) is 7.11 Å². The minimum atomic E-state index is -0.948. The number of carboxylic acid groups (broad SMARTS) is 1. The van der Waals surface area contributed by atoms with Gasteiger partial charge in [0.2, 0.25) is 0 Å². The Morgan fingerprint density at radius 2 is 2.20 bits per heavy atom. The Bertz CT molecular complexity index is 102. The molecule has 0 aromatic heterocycles. The lowest BCUT2D eigenvalue weighted by Gasteiger charge is -2.06. The molecule has 4 heteroatoms. The van der Waals surface area contributed by atoms with E-state index in [1.807, 2.05) is 0 Å². The van der Waals surface area contributed by atoms with Crippen molar-refractivity contribution in [3.63, 3.8) is 0 Å². The van der Waals surface area contributed by atoms with Crippen LogP contribution in [0.4, 0.5) is 0 Å². The first kappa shape index (κ1) is 9.39. The van der Waals surface area contributed by atoms with Crippen molar-refractivity contribution in [2.24, 2.45) is 0 Å². The summed E-state index contributed by atoms with van der Waals surface area (Å²) in [4.78, 5) is 10.1. The molecule has 0 saturated carbocycles. The van der Waals surface area contributed by atoms with Gasteiger partial charge in [0.25, 0.3) is 0 Å². The Balaban J connectivity index is 3.21. The van der Waals surface area contributed by atoms with Crippen LogP contribution in [0.15, 0.2) is 0 Å². The second-order valence-electron chi connectivity index (χ2n) is 1.84. The summed E-state index contributed by atoms with van der Waals surface area (Å²) in [6.45, 7) is 2.24. The molecule has 0 aliphatic rings. The monoisotopic (exact) mass is 148 g/mol. The van der Waals surface area contributed by atoms with Crippen molar-refractivity contribution in [3.8, 4) is 0 Å². The highest BCUT2D eigenvalue weighted by Crippen LogP contribution is 1.89. The zero-order chi connectivity index (χ0) is 7.98. The second-order valence-corrected chi connectivity index (χ2v) is 1.84. The maximum absolute atomic E-state index is 10.1. The van der Waals surface area contributed by atoms with Gasteiger partial charge in [0.05, 0.1) is 13.2 Å². The van der Waals surface area contributed by atoms with Crippen molar-refractivity contribution in [3.05, 3.63) is 0 Å². The summed E-state index contributed by atoms with van der Waals surface area (Å²) in [6, 6.07) is 0. The lowest BCUT2D eigenvalue weighted by Crippen LogP contribution is -2.21. The van der Waals surface area contributed by atoms with Gasteiger partial charge in [-0.25, -0.2) is 4.79 Å². The lowest BCUT2D eigenvalue weighted by atomic mass is 10.4. The summed E-state index contributed by atoms with van der Waals surface area (Å²) in [6.07, 6.45) is -0.741. The lowest BCUT2D eigenvalue weighted by molar-refractivity contribution is -0.149. The van der Waals surface area contributed by atoms with Crippen LogP contribution in [0.3, 0.4) is 0 Å². The third-order valence-electron chi connectivity index (χ3n) is 1.00. The molecule has 0 aromatic carbocycles. The summed E-state index contributed by atoms with van der Waals surface area (Å²) in [5, 5.41) is 8.32. The van der Waals surface area contributed by atoms with Gasteiger partial charge >= 0.3 is 5.97 Å². The molecule has 60 valence electrons. The minimum Gasteiger partial charge on any atom is -0.479 e. The molecule has 0 radical (unpaired) electrons. The molecule has 0 fully saturated rings. The minimum absolute atomic E-state index is 0.323. The summed E-state index contributed by atoms with van der Waals surface area (Å²) in [7, 11) is 1.54. The standard InChI is InChI=1S/C6H12O4/c1-5(6(7)8)10-4-3-9-2/h5H,3-4H2,1-2H3,(H,7,8). The van der Waals surface area contributed by atoms with Crippen molar-refractivity contribution in [1.29, 1.82) is 0 Å². The van der Waals surface area contributed by atoms with Gasteiger partial charge in [-0.1, -0.05) is 0 Å². The highest BCUT2D eigenvalue weighted by Gasteiger charge is 2.09. The SMILES string of the molecule is COCCOC(C)C(=O)O. The predicted octanol–water partition coefficient (Wildman–Crippen LogP) is 0.123. The van der Waals surface area contributed by atoms with Crippen molar-refractivity contribution >= 4 is 5.97 Å². The maximum Gasteiger partial charge on any atom is 0.332 e. The average Bonchev–Trinajstić information content (AvgIpc) is 1.88. The van der Waals surface area contributed by atoms with Gasteiger partial charge in [-0.15, -0.1) is 0 Å². The number of aliphatic carboxylic acids is 1. The molecule has 1 unspecified atom stereocenters. The van der Waals surface area contributed by atoms with Crippen LogP contribution < -0.4 is 0 Å². The van der Waals surface area contributed by atoms with Crippen LogP contribution in [0, 0.1) is 0 Å². The van der Waals surface area contributed by atoms with Gasteiger partial charge < -0.3 is 14.6 Å². The van der Waals surface area contributed by atoms with E-state index in [9.17, 15) is 4.79 Å². The van der Waals surface area contributed by atoms with Crippen LogP contribution in [0.2, 0.25) is 0 Å². The van der Waals surface area contributed by atoms with Crippen molar-refractivity contribution in [1.82, 2.24) is 0 Å². The molecule has 0 heterocycles. The molecule has 0 aliphatic heterocycles. The largest absolute Gasteiger partial charge is 0.479 e. The molecule has 0 spiro atoms. The Morgan fingerprint density at radius 1 is 1.60 bits per heavy atom. The second kappa shape index (κ2) is 5.20. The topological polar surface area (TPSA) is 55.8 Å². The molecule has 1 atom stereocenters. The number of methoxy groups -OCH3 is 1. The first-order valence-corrected chi connectivity index (χ1v) is 3.02. The summed E-state index contributed by atoms with van der Waals surface area (Å²) in [5.41, 5.74) is 0. The third kappa shape index (κ3) is 4.29. The van der Waals surface area contributed by atoms with Gasteiger partial charge in [0.1, 0.15) is 0 Å². The molecule has 0 rings (SSSR count). The Morgan fingerprint density at radius 3 is 2.60 bits per heavy atom. The summed E-state index contributed by atoms with van der Waals surface area (Å²) < 4.78 is 9.47. The van der Waals surface area contributed by atoms with E-state index in [4.69, 9.17) is 9.84 Å². The number of rotatable bonds is 5. The van der Waals surface area contributed by atoms with Gasteiger partial charge in [-0.2, -0.15) is 0 Å². The first-order chi connectivity index (χ1) is 4.68. The normalized spacial score (nSPS) is 13.0. The molecule has 0 saturated heterocycles. The molecular weight excluding hydrogens is 136 g/mol. The van der Waals surface area contributed by atoms with E-state index in [0.717, 1.165) is 0 Å². The van der Waals surface area contributed by atoms with E-state index in [1.54, 1.807) is 0 Å². The number of carbonyl (C=O) groups is 1. The van der Waals surface area contributed by atoms with Crippen LogP contribution in [0.25, 0.3) is 0 Å². The number of hydrogen-bond donors (Lipinski definition) is 1. The average molecular weight is 148 g/mol. The third-order valence-corrected chi connectivity index (χ3v) is 1.00. The van der Waals surface area contributed by atoms with E-state index < -0.39 is 12.1 Å². The smallest absolute Gasteiger partial charge is 0.332 e. The van der Waals surface area contributed by atoms with E-state index >= 15 is 0 Å². The van der Waals surface area contributed by atoms with Gasteiger partial charge in [-0.3, -0.25) is 0 Å². The molecule has 0 amide bonds. The zero-order valence-electron chi connectivity index (χ0n) is 6.16. The number of carboxylic acids is 1. The molecule has 0 bridgehead atoms. The molecule has 1 N–H and O–H groups in total. The number of ether oxygens (including phenoxy) is 2. The van der Waals surface area contributed by atoms with E-state index in [1.165, 1.54) is 14.0 Å². The predicted molar refractivity (Wildman–Crippen MR) is 34.9 cm³/mol. The summed E-state index contributed by atoms with van der Waals surface area (Å²) >= 11 is 0. The van der Waals surface area contributed by atoms with E-state index in [2.05, 4.69) is 4.74 Å². The fourth-order valence-electron chi connectivity index (χ4n) is 0.380. The van der Waals surface area contributed by atoms with E-state index in [0.29, 0.717) is 13.2 Å². The van der Waals surface area contributed by atoms with E-state index in [-0.39, 0.29) is 0 Å². The molecule has 4 nitrogen and oxygen atoms in total. The first-order valence-electron chi connectivity index (χ1n) is 3.02. The maximum atomic E-state index is 10.1. The molecule has 0 aromatic rings. The van der Waals surface area contributed by atoms with Crippen LogP contribution in [0.5, 0.6) is 0 Å². The zero-order valence-corrected chi connectivity index (χ0v) is 6.16. The highest BCUT2D eigenvalue weighted by molar-refractivity contribution is 5.71. The summed E-state index contributed by atoms with van der Waals surface area (Å²) in [5.74, 6) is -0.948. The fraction of sp³-hybridized carbons (Fsp3) is 0.833. The van der Waals surface area contributed by atoms with Gasteiger partial charge in [-0.05, 0) is 6.92 Å². The van der Waals surface area contributed by atoms with Crippen LogP contribution >= 0.6 is 0 Å². The van der Waals surface area contributed by atoms with Crippen LogP contribution in [-0.4, -0.2) is 37.5 Å². The van der Waals surface area contributed by atoms with Crippen molar-refractivity contribution in [2.45, 2.75) is 13.0 Å². The Kier molecular flexibility index (Phi) is 4.88. The number of hydrogen-bond acceptors (Lipinski definition) is 3. The molecular formula is C6H12O4. The fourth-order valence-corrected chi connectivity index (χ4v) is 0.380.